The summed E-state index contributed by atoms with van der Waals surface area (Å²) in [6.45, 7) is 1.72. The van der Waals surface area contributed by atoms with E-state index >= 15 is 0 Å². The van der Waals surface area contributed by atoms with Crippen LogP contribution in [0.3, 0.4) is 0 Å². The van der Waals surface area contributed by atoms with Gasteiger partial charge in [0.15, 0.2) is 0 Å². The lowest BCUT2D eigenvalue weighted by molar-refractivity contribution is -0.124. The van der Waals surface area contributed by atoms with E-state index in [0.717, 1.165) is 13.0 Å². The Kier molecular flexibility index (Phi) is 5.05. The summed E-state index contributed by atoms with van der Waals surface area (Å²) in [5.74, 6) is -0.0349. The number of carbonyl (C=O) groups excluding carboxylic acids is 1. The van der Waals surface area contributed by atoms with Crippen molar-refractivity contribution in [3.63, 3.8) is 0 Å². The number of hydrogen-bond acceptors (Lipinski definition) is 3. The smallest absolute Gasteiger partial charge is 0.224 e. The van der Waals surface area contributed by atoms with E-state index in [2.05, 4.69) is 10.6 Å². The topological polar surface area (TPSA) is 61.4 Å². The minimum Gasteiger partial charge on any atom is -0.387 e. The summed E-state index contributed by atoms with van der Waals surface area (Å²) in [5, 5.41) is 16.8. The number of carbonyl (C=O) groups is 1. The molecule has 1 amide bonds. The lowest BCUT2D eigenvalue weighted by Crippen LogP contribution is -2.34. The van der Waals surface area contributed by atoms with Gasteiger partial charge in [-0.15, -0.1) is 0 Å². The average molecular weight is 303 g/mol. The van der Waals surface area contributed by atoms with Gasteiger partial charge < -0.3 is 15.7 Å². The van der Waals surface area contributed by atoms with Crippen molar-refractivity contribution in [2.75, 3.05) is 19.6 Å². The predicted octanol–water partition coefficient (Wildman–Crippen LogP) is 1.75. The van der Waals surface area contributed by atoms with Crippen LogP contribution in [-0.2, 0) is 4.79 Å². The van der Waals surface area contributed by atoms with Gasteiger partial charge in [0.25, 0.3) is 0 Å². The highest BCUT2D eigenvalue weighted by Gasteiger charge is 2.22. The summed E-state index contributed by atoms with van der Waals surface area (Å²) in [4.78, 5) is 11.8. The molecule has 0 bridgehead atoms. The molecule has 4 nitrogen and oxygen atoms in total. The molecule has 3 N–H and O–H groups in total. The van der Waals surface area contributed by atoms with Crippen molar-refractivity contribution < 1.29 is 9.90 Å². The van der Waals surface area contributed by atoms with Crippen molar-refractivity contribution in [1.29, 1.82) is 0 Å². The van der Waals surface area contributed by atoms with Gasteiger partial charge in [0.1, 0.15) is 0 Å². The third kappa shape index (κ3) is 4.08. The highest BCUT2D eigenvalue weighted by atomic mass is 35.5. The molecule has 1 fully saturated rings. The first-order chi connectivity index (χ1) is 9.06. The Morgan fingerprint density at radius 1 is 1.42 bits per heavy atom. The number of aliphatic hydroxyl groups excluding tert-OH is 1. The Labute approximate surface area is 122 Å². The Hall–Kier alpha value is -0.810. The predicted molar refractivity (Wildman–Crippen MR) is 75.4 cm³/mol. The fourth-order valence-electron chi connectivity index (χ4n) is 2.11. The highest BCUT2D eigenvalue weighted by molar-refractivity contribution is 6.34. The Bertz CT molecular complexity index is 442. The van der Waals surface area contributed by atoms with Crippen LogP contribution in [0.25, 0.3) is 0 Å². The molecule has 1 heterocycles. The Morgan fingerprint density at radius 3 is 2.68 bits per heavy atom. The average Bonchev–Trinajstić information content (AvgIpc) is 2.88. The van der Waals surface area contributed by atoms with Crippen molar-refractivity contribution in [1.82, 2.24) is 10.6 Å². The van der Waals surface area contributed by atoms with Crippen LogP contribution in [0.1, 0.15) is 18.1 Å². The number of amides is 1. The standard InChI is InChI=1S/C13H16Cl2N2O2/c14-10-3-9(4-11(15)5-10)12(18)7-17-13(19)8-1-2-16-6-8/h3-5,8,12,16,18H,1-2,6-7H2,(H,17,19). The van der Waals surface area contributed by atoms with Crippen LogP contribution in [0.5, 0.6) is 0 Å². The molecule has 19 heavy (non-hydrogen) atoms. The molecule has 2 atom stereocenters. The SMILES string of the molecule is O=C(NCC(O)c1cc(Cl)cc(Cl)c1)C1CCNC1. The molecular formula is C13H16Cl2N2O2. The lowest BCUT2D eigenvalue weighted by atomic mass is 10.1. The summed E-state index contributed by atoms with van der Waals surface area (Å²) < 4.78 is 0. The van der Waals surface area contributed by atoms with Crippen LogP contribution in [0, 0.1) is 5.92 Å². The highest BCUT2D eigenvalue weighted by Crippen LogP contribution is 2.23. The Morgan fingerprint density at radius 2 is 2.11 bits per heavy atom. The van der Waals surface area contributed by atoms with E-state index in [9.17, 15) is 9.90 Å². The van der Waals surface area contributed by atoms with E-state index in [1.807, 2.05) is 0 Å². The molecule has 104 valence electrons. The lowest BCUT2D eigenvalue weighted by Gasteiger charge is -2.15. The molecule has 1 aliphatic heterocycles. The largest absolute Gasteiger partial charge is 0.387 e. The molecule has 0 radical (unpaired) electrons. The van der Waals surface area contributed by atoms with Gasteiger partial charge in [0, 0.05) is 23.1 Å². The molecule has 0 saturated carbocycles. The first-order valence-corrected chi connectivity index (χ1v) is 6.94. The fourth-order valence-corrected chi connectivity index (χ4v) is 2.65. The van der Waals surface area contributed by atoms with E-state index in [4.69, 9.17) is 23.2 Å². The van der Waals surface area contributed by atoms with Gasteiger partial charge in [-0.1, -0.05) is 23.2 Å². The molecule has 1 aromatic rings. The number of nitrogens with one attached hydrogen (secondary N) is 2. The van der Waals surface area contributed by atoms with Crippen LogP contribution in [0.2, 0.25) is 10.0 Å². The van der Waals surface area contributed by atoms with E-state index in [1.165, 1.54) is 0 Å². The first kappa shape index (κ1) is 14.6. The van der Waals surface area contributed by atoms with Crippen LogP contribution in [0.15, 0.2) is 18.2 Å². The second kappa shape index (κ2) is 6.57. The molecular weight excluding hydrogens is 287 g/mol. The minimum atomic E-state index is -0.811. The summed E-state index contributed by atoms with van der Waals surface area (Å²) >= 11 is 11.7. The maximum atomic E-state index is 11.8. The molecule has 0 aliphatic carbocycles. The maximum absolute atomic E-state index is 11.8. The van der Waals surface area contributed by atoms with Gasteiger partial charge >= 0.3 is 0 Å². The first-order valence-electron chi connectivity index (χ1n) is 6.19. The molecule has 2 unspecified atom stereocenters. The second-order valence-electron chi connectivity index (χ2n) is 4.65. The van der Waals surface area contributed by atoms with Crippen LogP contribution < -0.4 is 10.6 Å². The molecule has 0 aromatic heterocycles. The summed E-state index contributed by atoms with van der Waals surface area (Å²) in [5.41, 5.74) is 0.599. The molecule has 1 aliphatic rings. The van der Waals surface area contributed by atoms with Crippen molar-refractivity contribution in [3.8, 4) is 0 Å². The molecule has 0 spiro atoms. The number of benzene rings is 1. The van der Waals surface area contributed by atoms with Crippen LogP contribution in [0.4, 0.5) is 0 Å². The molecule has 1 saturated heterocycles. The normalized spacial score (nSPS) is 20.3. The molecule has 1 aromatic carbocycles. The van der Waals surface area contributed by atoms with E-state index in [-0.39, 0.29) is 18.4 Å². The maximum Gasteiger partial charge on any atom is 0.224 e. The van der Waals surface area contributed by atoms with Gasteiger partial charge in [0.2, 0.25) is 5.91 Å². The number of rotatable bonds is 4. The quantitative estimate of drug-likeness (QED) is 0.794. The van der Waals surface area contributed by atoms with Crippen molar-refractivity contribution in [2.24, 2.45) is 5.92 Å². The van der Waals surface area contributed by atoms with Crippen molar-refractivity contribution >= 4 is 29.1 Å². The Balaban J connectivity index is 1.89. The van der Waals surface area contributed by atoms with Gasteiger partial charge in [-0.2, -0.15) is 0 Å². The second-order valence-corrected chi connectivity index (χ2v) is 5.53. The summed E-state index contributed by atoms with van der Waals surface area (Å²) in [6, 6.07) is 4.88. The van der Waals surface area contributed by atoms with Gasteiger partial charge in [-0.05, 0) is 36.7 Å². The van der Waals surface area contributed by atoms with E-state index < -0.39 is 6.10 Å². The summed E-state index contributed by atoms with van der Waals surface area (Å²) in [7, 11) is 0. The van der Waals surface area contributed by atoms with Crippen LogP contribution in [-0.4, -0.2) is 30.6 Å². The third-order valence-corrected chi connectivity index (χ3v) is 3.61. The van der Waals surface area contributed by atoms with Gasteiger partial charge in [0.05, 0.1) is 12.0 Å². The number of hydrogen-bond donors (Lipinski definition) is 3. The van der Waals surface area contributed by atoms with Crippen molar-refractivity contribution in [3.05, 3.63) is 33.8 Å². The zero-order valence-electron chi connectivity index (χ0n) is 10.3. The van der Waals surface area contributed by atoms with E-state index in [1.54, 1.807) is 18.2 Å². The molecule has 2 rings (SSSR count). The zero-order chi connectivity index (χ0) is 13.8. The molecule has 6 heteroatoms. The number of aliphatic hydroxyl groups is 1. The van der Waals surface area contributed by atoms with Crippen LogP contribution >= 0.6 is 23.2 Å². The van der Waals surface area contributed by atoms with Gasteiger partial charge in [-0.25, -0.2) is 0 Å². The zero-order valence-corrected chi connectivity index (χ0v) is 11.8. The van der Waals surface area contributed by atoms with Gasteiger partial charge in [-0.3, -0.25) is 4.79 Å². The number of halogens is 2. The monoisotopic (exact) mass is 302 g/mol. The third-order valence-electron chi connectivity index (χ3n) is 3.17. The van der Waals surface area contributed by atoms with E-state index in [0.29, 0.717) is 22.2 Å². The minimum absolute atomic E-state index is 0.00449. The summed E-state index contributed by atoms with van der Waals surface area (Å²) in [6.07, 6.45) is 0.0276. The van der Waals surface area contributed by atoms with Crippen molar-refractivity contribution in [2.45, 2.75) is 12.5 Å². The fraction of sp³-hybridized carbons (Fsp3) is 0.462.